The molecule has 0 aromatic heterocycles. The topological polar surface area (TPSA) is 0 Å². The zero-order valence-electron chi connectivity index (χ0n) is 17.5. The minimum absolute atomic E-state index is 0.0289. The van der Waals surface area contributed by atoms with Crippen molar-refractivity contribution < 1.29 is 0 Å². The molecule has 3 aromatic carbocycles. The predicted octanol–water partition coefficient (Wildman–Crippen LogP) is 8.92. The summed E-state index contributed by atoms with van der Waals surface area (Å²) in [5, 5.41) is 1.49. The fraction of sp³-hybridized carbons (Fsp3) is 0.308. The van der Waals surface area contributed by atoms with Crippen LogP contribution in [0, 0.1) is 0 Å². The highest BCUT2D eigenvalue weighted by atomic mass is 35.5. The molecule has 0 unspecified atom stereocenters. The van der Waals surface area contributed by atoms with Crippen molar-refractivity contribution in [3.05, 3.63) is 81.8 Å². The minimum atomic E-state index is -0.0539. The summed E-state index contributed by atoms with van der Waals surface area (Å²) >= 11 is 13.4. The average Bonchev–Trinajstić information content (AvgIpc) is 2.62. The summed E-state index contributed by atoms with van der Waals surface area (Å²) in [6.45, 7) is 13.2. The number of hydrogen-bond donors (Lipinski definition) is 0. The van der Waals surface area contributed by atoms with E-state index in [0.717, 1.165) is 26.7 Å². The molecule has 146 valence electrons. The summed E-state index contributed by atoms with van der Waals surface area (Å²) in [6.07, 6.45) is 0. The third-order valence-electron chi connectivity index (χ3n) is 5.08. The van der Waals surface area contributed by atoms with Gasteiger partial charge in [-0.1, -0.05) is 107 Å². The number of hydrogen-bond acceptors (Lipinski definition) is 0. The molecule has 0 aliphatic rings. The second-order valence-electron chi connectivity index (χ2n) is 9.48. The van der Waals surface area contributed by atoms with E-state index in [-0.39, 0.29) is 10.8 Å². The lowest BCUT2D eigenvalue weighted by Gasteiger charge is -2.24. The average molecular weight is 411 g/mol. The van der Waals surface area contributed by atoms with Crippen molar-refractivity contribution in [2.24, 2.45) is 0 Å². The van der Waals surface area contributed by atoms with Crippen molar-refractivity contribution in [2.45, 2.75) is 52.4 Å². The highest BCUT2D eigenvalue weighted by Gasteiger charge is 2.21. The van der Waals surface area contributed by atoms with Gasteiger partial charge in [-0.3, -0.25) is 0 Å². The Labute approximate surface area is 179 Å². The van der Waals surface area contributed by atoms with Crippen LogP contribution in [-0.4, -0.2) is 0 Å². The van der Waals surface area contributed by atoms with Gasteiger partial charge in [-0.2, -0.15) is 0 Å². The fourth-order valence-corrected chi connectivity index (χ4v) is 4.08. The number of benzene rings is 3. The van der Waals surface area contributed by atoms with Gasteiger partial charge in [-0.05, 0) is 56.8 Å². The zero-order chi connectivity index (χ0) is 20.7. The molecule has 3 aromatic rings. The number of rotatable bonds is 2. The lowest BCUT2D eigenvalue weighted by atomic mass is 9.82. The zero-order valence-corrected chi connectivity index (χ0v) is 19.0. The first-order valence-corrected chi connectivity index (χ1v) is 10.4. The molecule has 0 heterocycles. The van der Waals surface area contributed by atoms with Gasteiger partial charge in [0.15, 0.2) is 0 Å². The van der Waals surface area contributed by atoms with E-state index < -0.39 is 0 Å². The van der Waals surface area contributed by atoms with Crippen LogP contribution in [0.3, 0.4) is 0 Å². The molecule has 0 aliphatic heterocycles. The Kier molecular flexibility index (Phi) is 5.67. The molecule has 28 heavy (non-hydrogen) atoms. The molecule has 3 rings (SSSR count). The molecule has 2 heteroatoms. The molecule has 0 bridgehead atoms. The summed E-state index contributed by atoms with van der Waals surface area (Å²) in [5.41, 5.74) is 6.78. The predicted molar refractivity (Wildman–Crippen MR) is 125 cm³/mol. The minimum Gasteiger partial charge on any atom is -0.0840 e. The van der Waals surface area contributed by atoms with E-state index in [1.165, 1.54) is 16.7 Å². The Morgan fingerprint density at radius 3 is 1.75 bits per heavy atom. The molecule has 0 saturated carbocycles. The summed E-state index contributed by atoms with van der Waals surface area (Å²) in [4.78, 5) is 0. The second kappa shape index (κ2) is 7.58. The highest BCUT2D eigenvalue weighted by molar-refractivity contribution is 6.36. The first kappa shape index (κ1) is 21.0. The summed E-state index contributed by atoms with van der Waals surface area (Å²) in [5.74, 6) is 0. The Balaban J connectivity index is 2.23. The van der Waals surface area contributed by atoms with Gasteiger partial charge in [0.25, 0.3) is 0 Å². The van der Waals surface area contributed by atoms with Gasteiger partial charge >= 0.3 is 0 Å². The molecule has 0 spiro atoms. The van der Waals surface area contributed by atoms with E-state index in [1.807, 2.05) is 18.2 Å². The molecule has 0 aliphatic carbocycles. The Bertz CT molecular complexity index is 987. The van der Waals surface area contributed by atoms with Crippen LogP contribution in [0.15, 0.2) is 60.7 Å². The molecule has 0 atom stereocenters. The summed E-state index contributed by atoms with van der Waals surface area (Å²) < 4.78 is 0. The first-order chi connectivity index (χ1) is 13.0. The molecule has 0 amide bonds. The molecule has 0 fully saturated rings. The van der Waals surface area contributed by atoms with Crippen molar-refractivity contribution in [1.82, 2.24) is 0 Å². The van der Waals surface area contributed by atoms with Crippen LogP contribution in [-0.2, 0) is 10.8 Å². The molecule has 0 radical (unpaired) electrons. The maximum atomic E-state index is 6.75. The van der Waals surface area contributed by atoms with E-state index in [1.54, 1.807) is 0 Å². The summed E-state index contributed by atoms with van der Waals surface area (Å²) in [7, 11) is 0. The largest absolute Gasteiger partial charge is 0.0840 e. The smallest absolute Gasteiger partial charge is 0.0488 e. The monoisotopic (exact) mass is 410 g/mol. The Morgan fingerprint density at radius 2 is 1.18 bits per heavy atom. The SMILES string of the molecule is CC(C)(C)c1cc(-c2ccccc2)cc(-c2cc(Cl)c(C(C)(C)C)cc2Cl)c1. The van der Waals surface area contributed by atoms with Gasteiger partial charge in [0.2, 0.25) is 0 Å². The van der Waals surface area contributed by atoms with Crippen molar-refractivity contribution in [3.8, 4) is 22.3 Å². The summed E-state index contributed by atoms with van der Waals surface area (Å²) in [6, 6.07) is 21.2. The lowest BCUT2D eigenvalue weighted by Crippen LogP contribution is -2.12. The molecular weight excluding hydrogens is 383 g/mol. The van der Waals surface area contributed by atoms with Gasteiger partial charge in [-0.15, -0.1) is 0 Å². The quantitative estimate of drug-likeness (QED) is 0.395. The van der Waals surface area contributed by atoms with Gasteiger partial charge in [0.1, 0.15) is 0 Å². The maximum absolute atomic E-state index is 6.75. The van der Waals surface area contributed by atoms with Crippen LogP contribution in [0.1, 0.15) is 52.7 Å². The third kappa shape index (κ3) is 4.45. The Morgan fingerprint density at radius 1 is 0.571 bits per heavy atom. The van der Waals surface area contributed by atoms with Crippen LogP contribution in [0.4, 0.5) is 0 Å². The lowest BCUT2D eigenvalue weighted by molar-refractivity contribution is 0.590. The van der Waals surface area contributed by atoms with Crippen molar-refractivity contribution >= 4 is 23.2 Å². The van der Waals surface area contributed by atoms with Gasteiger partial charge in [-0.25, -0.2) is 0 Å². The number of halogens is 2. The van der Waals surface area contributed by atoms with Crippen LogP contribution >= 0.6 is 23.2 Å². The van der Waals surface area contributed by atoms with Crippen LogP contribution in [0.25, 0.3) is 22.3 Å². The highest BCUT2D eigenvalue weighted by Crippen LogP contribution is 2.40. The molecule has 0 saturated heterocycles. The van der Waals surface area contributed by atoms with Crippen LogP contribution in [0.5, 0.6) is 0 Å². The molecular formula is C26H28Cl2. The van der Waals surface area contributed by atoms with Crippen molar-refractivity contribution in [2.75, 3.05) is 0 Å². The van der Waals surface area contributed by atoms with Gasteiger partial charge in [0, 0.05) is 15.6 Å². The van der Waals surface area contributed by atoms with E-state index >= 15 is 0 Å². The van der Waals surface area contributed by atoms with E-state index in [4.69, 9.17) is 23.2 Å². The second-order valence-corrected chi connectivity index (χ2v) is 10.3. The van der Waals surface area contributed by atoms with E-state index in [0.29, 0.717) is 0 Å². The first-order valence-electron chi connectivity index (χ1n) is 9.68. The van der Waals surface area contributed by atoms with E-state index in [9.17, 15) is 0 Å². The Hall–Kier alpha value is -1.76. The molecule has 0 N–H and O–H groups in total. The van der Waals surface area contributed by atoms with Gasteiger partial charge < -0.3 is 0 Å². The third-order valence-corrected chi connectivity index (χ3v) is 5.71. The van der Waals surface area contributed by atoms with Crippen molar-refractivity contribution in [1.29, 1.82) is 0 Å². The normalized spacial score (nSPS) is 12.3. The van der Waals surface area contributed by atoms with Crippen LogP contribution in [0.2, 0.25) is 10.0 Å². The fourth-order valence-electron chi connectivity index (χ4n) is 3.36. The maximum Gasteiger partial charge on any atom is 0.0488 e. The van der Waals surface area contributed by atoms with E-state index in [2.05, 4.69) is 84.0 Å². The van der Waals surface area contributed by atoms with Gasteiger partial charge in [0.05, 0.1) is 0 Å². The molecule has 0 nitrogen and oxygen atoms in total. The standard InChI is InChI=1S/C26H28Cl2/c1-25(2,3)20-13-18(17-10-8-7-9-11-17)12-19(14-20)21-15-24(28)22(16-23(21)27)26(4,5)6/h7-16H,1-6H3. The van der Waals surface area contributed by atoms with Crippen molar-refractivity contribution in [3.63, 3.8) is 0 Å². The van der Waals surface area contributed by atoms with Crippen LogP contribution < -0.4 is 0 Å².